The maximum absolute atomic E-state index is 12.1. The molecule has 0 aliphatic rings. The summed E-state index contributed by atoms with van der Waals surface area (Å²) in [5.41, 5.74) is 2.02. The third-order valence-electron chi connectivity index (χ3n) is 3.58. The number of carbonyl (C=O) groups is 2. The first-order chi connectivity index (χ1) is 12.4. The van der Waals surface area contributed by atoms with Crippen LogP contribution in [-0.2, 0) is 14.3 Å². The van der Waals surface area contributed by atoms with Gasteiger partial charge in [0, 0.05) is 5.69 Å². The van der Waals surface area contributed by atoms with Gasteiger partial charge in [-0.15, -0.1) is 0 Å². The lowest BCUT2D eigenvalue weighted by Gasteiger charge is -2.18. The molecular formula is C20H20N2O4. The normalized spacial score (nSPS) is 12.4. The Hall–Kier alpha value is -3.33. The summed E-state index contributed by atoms with van der Waals surface area (Å²) >= 11 is 0. The average Bonchev–Trinajstić information content (AvgIpc) is 2.62. The minimum atomic E-state index is -0.985. The Morgan fingerprint density at radius 2 is 1.77 bits per heavy atom. The van der Waals surface area contributed by atoms with Gasteiger partial charge in [-0.3, -0.25) is 4.79 Å². The molecule has 0 fully saturated rings. The molecule has 2 atom stereocenters. The number of hydrogen-bond acceptors (Lipinski definition) is 5. The molecule has 6 heteroatoms. The number of amides is 1. The predicted molar refractivity (Wildman–Crippen MR) is 96.6 cm³/mol. The van der Waals surface area contributed by atoms with Crippen molar-refractivity contribution in [2.24, 2.45) is 0 Å². The van der Waals surface area contributed by atoms with Crippen LogP contribution in [0, 0.1) is 18.3 Å². The van der Waals surface area contributed by atoms with Crippen LogP contribution in [0.4, 0.5) is 5.69 Å². The lowest BCUT2D eigenvalue weighted by atomic mass is 10.2. The minimum absolute atomic E-state index is 0.467. The van der Waals surface area contributed by atoms with Gasteiger partial charge in [0.25, 0.3) is 5.91 Å². The van der Waals surface area contributed by atoms with Gasteiger partial charge >= 0.3 is 5.97 Å². The number of anilines is 1. The summed E-state index contributed by atoms with van der Waals surface area (Å²) < 4.78 is 10.7. The Kier molecular flexibility index (Phi) is 6.34. The molecule has 0 aliphatic heterocycles. The number of hydrogen-bond donors (Lipinski definition) is 1. The van der Waals surface area contributed by atoms with E-state index in [9.17, 15) is 9.59 Å². The number of nitriles is 1. The van der Waals surface area contributed by atoms with Crippen molar-refractivity contribution >= 4 is 17.6 Å². The quantitative estimate of drug-likeness (QED) is 0.807. The second-order valence-electron chi connectivity index (χ2n) is 5.83. The van der Waals surface area contributed by atoms with E-state index in [1.165, 1.54) is 6.92 Å². The number of aryl methyl sites for hydroxylation is 1. The highest BCUT2D eigenvalue weighted by atomic mass is 16.6. The fourth-order valence-electron chi connectivity index (χ4n) is 2.14. The van der Waals surface area contributed by atoms with E-state index in [1.807, 2.05) is 31.2 Å². The smallest absolute Gasteiger partial charge is 0.347 e. The van der Waals surface area contributed by atoms with Crippen LogP contribution in [0.5, 0.6) is 5.75 Å². The second kappa shape index (κ2) is 8.67. The van der Waals surface area contributed by atoms with Crippen LogP contribution in [0.25, 0.3) is 0 Å². The molecule has 134 valence electrons. The summed E-state index contributed by atoms with van der Waals surface area (Å²) in [5.74, 6) is -0.538. The Morgan fingerprint density at radius 3 is 2.38 bits per heavy atom. The number of nitrogens with zero attached hydrogens (tertiary/aromatic N) is 1. The Labute approximate surface area is 152 Å². The molecule has 0 spiro atoms. The molecule has 2 rings (SSSR count). The molecule has 0 aliphatic carbocycles. The van der Waals surface area contributed by atoms with Crippen LogP contribution < -0.4 is 10.1 Å². The van der Waals surface area contributed by atoms with Gasteiger partial charge in [-0.2, -0.15) is 5.26 Å². The summed E-state index contributed by atoms with van der Waals surface area (Å²) in [5, 5.41) is 11.4. The zero-order chi connectivity index (χ0) is 19.1. The van der Waals surface area contributed by atoms with E-state index in [1.54, 1.807) is 37.3 Å². The number of esters is 1. The first kappa shape index (κ1) is 19.0. The number of carbonyl (C=O) groups excluding carboxylic acids is 2. The van der Waals surface area contributed by atoms with Gasteiger partial charge in [0.1, 0.15) is 5.75 Å². The summed E-state index contributed by atoms with van der Waals surface area (Å²) in [7, 11) is 0. The highest BCUT2D eigenvalue weighted by molar-refractivity contribution is 5.95. The molecule has 1 amide bonds. The van der Waals surface area contributed by atoms with Crippen LogP contribution in [0.3, 0.4) is 0 Å². The SMILES string of the molecule is Cc1cccc(O[C@H](C)C(=O)O[C@H](C)C(=O)Nc2ccc(C#N)cc2)c1. The Bertz CT molecular complexity index is 824. The molecule has 0 saturated carbocycles. The second-order valence-corrected chi connectivity index (χ2v) is 5.83. The highest BCUT2D eigenvalue weighted by Gasteiger charge is 2.23. The van der Waals surface area contributed by atoms with Gasteiger partial charge in [0.15, 0.2) is 12.2 Å². The van der Waals surface area contributed by atoms with Crippen molar-refractivity contribution in [3.8, 4) is 11.8 Å². The van der Waals surface area contributed by atoms with Crippen LogP contribution in [0.1, 0.15) is 25.0 Å². The van der Waals surface area contributed by atoms with Crippen LogP contribution >= 0.6 is 0 Å². The van der Waals surface area contributed by atoms with Gasteiger partial charge in [0.2, 0.25) is 0 Å². The van der Waals surface area contributed by atoms with Crippen molar-refractivity contribution in [2.75, 3.05) is 5.32 Å². The van der Waals surface area contributed by atoms with Gasteiger partial charge in [-0.05, 0) is 62.7 Å². The molecule has 0 unspecified atom stereocenters. The maximum atomic E-state index is 12.1. The standard InChI is InChI=1S/C20H20N2O4/c1-13-5-4-6-18(11-13)25-15(3)20(24)26-14(2)19(23)22-17-9-7-16(12-21)8-10-17/h4-11,14-15H,1-3H3,(H,22,23)/t14-,15-/m1/s1. The zero-order valence-electron chi connectivity index (χ0n) is 14.9. The van der Waals surface area contributed by atoms with Gasteiger partial charge in [-0.25, -0.2) is 4.79 Å². The van der Waals surface area contributed by atoms with Crippen molar-refractivity contribution < 1.29 is 19.1 Å². The van der Waals surface area contributed by atoms with E-state index in [0.29, 0.717) is 17.0 Å². The first-order valence-electron chi connectivity index (χ1n) is 8.14. The molecule has 6 nitrogen and oxygen atoms in total. The van der Waals surface area contributed by atoms with Crippen LogP contribution in [-0.4, -0.2) is 24.1 Å². The van der Waals surface area contributed by atoms with E-state index in [0.717, 1.165) is 5.56 Å². The third-order valence-corrected chi connectivity index (χ3v) is 3.58. The fraction of sp³-hybridized carbons (Fsp3) is 0.250. The number of nitrogens with one attached hydrogen (secondary N) is 1. The van der Waals surface area contributed by atoms with Crippen LogP contribution in [0.2, 0.25) is 0 Å². The fourth-order valence-corrected chi connectivity index (χ4v) is 2.14. The number of rotatable bonds is 6. The van der Waals surface area contributed by atoms with E-state index in [4.69, 9.17) is 14.7 Å². The maximum Gasteiger partial charge on any atom is 0.347 e. The molecule has 0 radical (unpaired) electrons. The lowest BCUT2D eigenvalue weighted by molar-refractivity contribution is -0.159. The number of benzene rings is 2. The summed E-state index contributed by atoms with van der Waals surface area (Å²) in [4.78, 5) is 24.3. The first-order valence-corrected chi connectivity index (χ1v) is 8.14. The van der Waals surface area contributed by atoms with Gasteiger partial charge in [0.05, 0.1) is 11.6 Å². The third kappa shape index (κ3) is 5.35. The molecule has 1 N–H and O–H groups in total. The van der Waals surface area contributed by atoms with Gasteiger partial charge in [-0.1, -0.05) is 12.1 Å². The molecule has 0 saturated heterocycles. The Morgan fingerprint density at radius 1 is 1.08 bits per heavy atom. The van der Waals surface area contributed by atoms with Crippen LogP contribution in [0.15, 0.2) is 48.5 Å². The molecule has 2 aromatic carbocycles. The van der Waals surface area contributed by atoms with Crippen molar-refractivity contribution in [2.45, 2.75) is 33.0 Å². The van der Waals surface area contributed by atoms with Crippen molar-refractivity contribution in [3.05, 3.63) is 59.7 Å². The molecule has 0 bridgehead atoms. The molecule has 0 aromatic heterocycles. The van der Waals surface area contributed by atoms with E-state index in [-0.39, 0.29) is 0 Å². The summed E-state index contributed by atoms with van der Waals surface area (Å²) in [6.07, 6.45) is -1.83. The largest absolute Gasteiger partial charge is 0.479 e. The number of ether oxygens (including phenoxy) is 2. The summed E-state index contributed by atoms with van der Waals surface area (Å²) in [6.45, 7) is 4.97. The topological polar surface area (TPSA) is 88.4 Å². The lowest BCUT2D eigenvalue weighted by Crippen LogP contribution is -2.35. The van der Waals surface area contributed by atoms with E-state index >= 15 is 0 Å². The monoisotopic (exact) mass is 352 g/mol. The average molecular weight is 352 g/mol. The zero-order valence-corrected chi connectivity index (χ0v) is 14.9. The molecule has 0 heterocycles. The highest BCUT2D eigenvalue weighted by Crippen LogP contribution is 2.15. The van der Waals surface area contributed by atoms with Crippen molar-refractivity contribution in [1.82, 2.24) is 0 Å². The molecular weight excluding hydrogens is 332 g/mol. The molecule has 2 aromatic rings. The van der Waals surface area contributed by atoms with Crippen molar-refractivity contribution in [3.63, 3.8) is 0 Å². The van der Waals surface area contributed by atoms with E-state index in [2.05, 4.69) is 5.32 Å². The van der Waals surface area contributed by atoms with Gasteiger partial charge < -0.3 is 14.8 Å². The van der Waals surface area contributed by atoms with Crippen molar-refractivity contribution in [1.29, 1.82) is 5.26 Å². The minimum Gasteiger partial charge on any atom is -0.479 e. The Balaban J connectivity index is 1.88. The van der Waals surface area contributed by atoms with E-state index < -0.39 is 24.1 Å². The predicted octanol–water partition coefficient (Wildman–Crippen LogP) is 3.20. The summed E-state index contributed by atoms with van der Waals surface area (Å²) in [6, 6.07) is 15.7. The molecule has 26 heavy (non-hydrogen) atoms.